The number of aromatic nitrogens is 2. The van der Waals surface area contributed by atoms with Gasteiger partial charge >= 0.3 is 17.3 Å². The first-order chi connectivity index (χ1) is 49.7. The third-order valence-electron chi connectivity index (χ3n) is 20.6. The molecular formula is C82H99CoN12O11+. The molecular weight excluding hydrogens is 1390 g/mol. The number of phenolic OH excluding ortho intramolecular Hbond substituents is 2. The molecule has 2 unspecified atom stereocenters. The van der Waals surface area contributed by atoms with Gasteiger partial charge in [-0.2, -0.15) is 14.9 Å². The second-order valence-corrected chi connectivity index (χ2v) is 29.3. The number of aliphatic hydroxyl groups is 1. The molecule has 24 heteroatoms. The second-order valence-electron chi connectivity index (χ2n) is 29.3. The van der Waals surface area contributed by atoms with Crippen molar-refractivity contribution < 1.29 is 61.3 Å². The molecule has 0 spiro atoms. The Morgan fingerprint density at radius 3 is 1.81 bits per heavy atom. The number of allylic oxidation sites excluding steroid dienone is 2. The number of phenols is 2. The van der Waals surface area contributed by atoms with Crippen molar-refractivity contribution >= 4 is 68.2 Å². The van der Waals surface area contributed by atoms with Crippen molar-refractivity contribution in [1.82, 2.24) is 19.8 Å². The molecule has 7 aromatic carbocycles. The molecule has 12 rings (SSSR count). The van der Waals surface area contributed by atoms with Crippen molar-refractivity contribution in [2.45, 2.75) is 178 Å². The van der Waals surface area contributed by atoms with E-state index in [1.165, 1.54) is 55.1 Å². The summed E-state index contributed by atoms with van der Waals surface area (Å²) in [6.45, 7) is 37.5. The standard InChI is InChI=1S/C40H47N2O3.C21H27N5O4.C21H25N5O4.Co/c1-10-13-18-44-38(43)28-17-15-14-16-27(28)37-31-19-29-25(4)23-39(6,7)41(11-2)33(29)21-35(31)45-36-22-34-30(20-32(36)37)26(5)24-40(8,9)42(34)12-3;2*1-5-21(3,4)14-11-16(19(27)17(12-14)26(29)30)22-23-18-13(2)24-25(20(18)28)15-9-7-6-8-10-15;/h14-17,19-24H,10-13,18H2,1-9H3;6-12,18,20,22-23,27-28H,5H2,1-4H3;6-12,22-23,27-28H,5H2,1-4H3;/q+1;;;. The number of nitro groups is 2. The molecule has 0 fully saturated rings. The number of fused-ring (bicyclic) bond motifs is 4. The van der Waals surface area contributed by atoms with Crippen LogP contribution in [0.2, 0.25) is 0 Å². The Balaban J connectivity index is 0.000000189. The SMILES string of the molecule is CCC(C)(C)c1cc(NNC2C(C)=NN(c3ccccc3)C2O)c(O)c([N+](=O)[O-])c1.CCC(C)(C)c1cc(NNc2c(C)nn(-c3ccccc3)c2O)c(O)c([N+](=O)[O-])c1.CCCCOC(=O)c1ccccc1C1=c2cc3c(cc2Oc2cc4c(cc21)C(C)=CC(C)(C)N4CC)=[N+](CC)C(C)(C)C=C3C.[Co]. The van der Waals surface area contributed by atoms with E-state index in [2.05, 4.69) is 146 Å². The van der Waals surface area contributed by atoms with Gasteiger partial charge in [-0.25, -0.2) is 19.8 Å². The molecule has 0 aliphatic carbocycles. The van der Waals surface area contributed by atoms with E-state index >= 15 is 0 Å². The number of unbranched alkanes of at least 4 members (excludes halogenated alkanes) is 1. The Hall–Kier alpha value is -10.5. The summed E-state index contributed by atoms with van der Waals surface area (Å²) in [5.41, 5.74) is 23.8. The third-order valence-corrected chi connectivity index (χ3v) is 20.6. The smallest absolute Gasteiger partial charge is 0.338 e. The first-order valence-corrected chi connectivity index (χ1v) is 35.8. The normalized spacial score (nSPS) is 15.9. The Morgan fingerprint density at radius 1 is 0.679 bits per heavy atom. The summed E-state index contributed by atoms with van der Waals surface area (Å²) in [6, 6.07) is 40.7. The van der Waals surface area contributed by atoms with Crippen molar-refractivity contribution in [3.63, 3.8) is 0 Å². The molecule has 0 bridgehead atoms. The van der Waals surface area contributed by atoms with Gasteiger partial charge in [0.05, 0.1) is 62.1 Å². The second kappa shape index (κ2) is 32.0. The van der Waals surface area contributed by atoms with E-state index in [0.29, 0.717) is 40.5 Å². The molecule has 106 heavy (non-hydrogen) atoms. The van der Waals surface area contributed by atoms with Crippen LogP contribution in [0.5, 0.6) is 28.9 Å². The van der Waals surface area contributed by atoms with E-state index in [1.54, 1.807) is 38.1 Å². The Morgan fingerprint density at radius 2 is 1.25 bits per heavy atom. The zero-order chi connectivity index (χ0) is 76.4. The minimum absolute atomic E-state index is 0. The van der Waals surface area contributed by atoms with Crippen LogP contribution in [-0.4, -0.2) is 94.8 Å². The number of ether oxygens (including phenoxy) is 2. The largest absolute Gasteiger partial charge is 0.501 e. The molecule has 8 aromatic rings. The van der Waals surface area contributed by atoms with Gasteiger partial charge in [-0.3, -0.25) is 31.1 Å². The topological polar surface area (TPSA) is 291 Å². The van der Waals surface area contributed by atoms with Crippen LogP contribution in [0.3, 0.4) is 0 Å². The molecule has 1 radical (unpaired) electrons. The molecule has 2 atom stereocenters. The van der Waals surface area contributed by atoms with Crippen LogP contribution in [0.25, 0.3) is 22.4 Å². The number of benzene rings is 7. The number of hydrogen-bond acceptors (Lipinski definition) is 19. The monoisotopic (exact) mass is 1490 g/mol. The van der Waals surface area contributed by atoms with Gasteiger partial charge in [0.15, 0.2) is 11.8 Å². The number of nitro benzene ring substituents is 2. The number of aliphatic hydroxyl groups excluding tert-OH is 1. The summed E-state index contributed by atoms with van der Waals surface area (Å²) < 4.78 is 16.5. The van der Waals surface area contributed by atoms with Crippen LogP contribution in [0.1, 0.15) is 186 Å². The maximum atomic E-state index is 13.6. The Bertz CT molecular complexity index is 4890. The molecule has 5 heterocycles. The van der Waals surface area contributed by atoms with Crippen molar-refractivity contribution in [2.24, 2.45) is 5.10 Å². The number of hydrazone groups is 1. The van der Waals surface area contributed by atoms with Gasteiger partial charge in [0.25, 0.3) is 0 Å². The van der Waals surface area contributed by atoms with E-state index in [0.717, 1.165) is 83.4 Å². The van der Waals surface area contributed by atoms with E-state index in [9.17, 15) is 45.4 Å². The number of nitrogens with zero attached hydrogens (tertiary/aromatic N) is 8. The van der Waals surface area contributed by atoms with Crippen molar-refractivity contribution in [1.29, 1.82) is 0 Å². The van der Waals surface area contributed by atoms with Gasteiger partial charge < -0.3 is 40.2 Å². The van der Waals surface area contributed by atoms with E-state index in [-0.39, 0.29) is 73.3 Å². The maximum absolute atomic E-state index is 13.6. The van der Waals surface area contributed by atoms with Crippen LogP contribution >= 0.6 is 0 Å². The minimum atomic E-state index is -0.993. The first kappa shape index (κ1) is 79.6. The van der Waals surface area contributed by atoms with Crippen LogP contribution in [0.15, 0.2) is 151 Å². The van der Waals surface area contributed by atoms with Gasteiger partial charge in [-0.05, 0) is 174 Å². The molecule has 0 amide bonds. The number of para-hydroxylation sites is 2. The predicted octanol–water partition coefficient (Wildman–Crippen LogP) is 15.8. The number of carbonyl (C=O) groups excluding carboxylic acids is 1. The van der Waals surface area contributed by atoms with Crippen molar-refractivity contribution in [2.75, 3.05) is 45.9 Å². The van der Waals surface area contributed by atoms with Crippen molar-refractivity contribution in [3.8, 4) is 34.6 Å². The van der Waals surface area contributed by atoms with Crippen LogP contribution in [0.4, 0.5) is 39.8 Å². The minimum Gasteiger partial charge on any atom is -0.501 e. The zero-order valence-corrected chi connectivity index (χ0v) is 64.6. The zero-order valence-electron chi connectivity index (χ0n) is 63.5. The van der Waals surface area contributed by atoms with E-state index in [4.69, 9.17) is 9.47 Å². The number of aromatic hydroxyl groups is 3. The Kier molecular flexibility index (Phi) is 24.1. The summed E-state index contributed by atoms with van der Waals surface area (Å²) in [7, 11) is 0. The average Bonchev–Trinajstić information content (AvgIpc) is 1.14. The number of rotatable bonds is 21. The van der Waals surface area contributed by atoms with Gasteiger partial charge in [0.1, 0.15) is 35.5 Å². The summed E-state index contributed by atoms with van der Waals surface area (Å²) in [6.07, 6.45) is 7.05. The first-order valence-electron chi connectivity index (χ1n) is 35.8. The van der Waals surface area contributed by atoms with E-state index < -0.39 is 33.6 Å². The van der Waals surface area contributed by atoms with Gasteiger partial charge in [0, 0.05) is 88.5 Å². The molecule has 0 saturated heterocycles. The third kappa shape index (κ3) is 16.0. The molecule has 0 saturated carbocycles. The fraction of sp³-hybridized carbons (Fsp3) is 0.366. The average molecular weight is 1490 g/mol. The fourth-order valence-electron chi connectivity index (χ4n) is 14.0. The van der Waals surface area contributed by atoms with Crippen LogP contribution in [-0.2, 0) is 32.3 Å². The molecule has 23 nitrogen and oxygen atoms in total. The fourth-order valence-corrected chi connectivity index (χ4v) is 14.0. The number of hydrazine groups is 2. The molecule has 4 aliphatic heterocycles. The summed E-state index contributed by atoms with van der Waals surface area (Å²) in [5.74, 6) is 0.229. The summed E-state index contributed by atoms with van der Waals surface area (Å²) in [5, 5.41) is 77.4. The predicted molar refractivity (Wildman–Crippen MR) is 418 cm³/mol. The number of likely N-dealkylation sites (N-methyl/N-ethyl adjacent to an activating group) is 2. The van der Waals surface area contributed by atoms with E-state index in [1.807, 2.05) is 108 Å². The number of carbonyl (C=O) groups is 1. The molecule has 1 aromatic heterocycles. The summed E-state index contributed by atoms with van der Waals surface area (Å²) >= 11 is 0. The maximum Gasteiger partial charge on any atom is 0.338 e. The van der Waals surface area contributed by atoms with Crippen LogP contribution < -0.4 is 51.5 Å². The number of esters is 1. The van der Waals surface area contributed by atoms with Gasteiger partial charge in [-0.15, -0.1) is 0 Å². The van der Waals surface area contributed by atoms with Crippen LogP contribution in [0, 0.1) is 27.2 Å². The Labute approximate surface area is 630 Å². The summed E-state index contributed by atoms with van der Waals surface area (Å²) in [4.78, 5) is 37.7. The molecule has 8 N–H and O–H groups in total. The molecule has 561 valence electrons. The van der Waals surface area contributed by atoms with Gasteiger partial charge in [-0.1, -0.05) is 116 Å². The number of hydrogen-bond donors (Lipinski definition) is 8. The molecule has 4 aliphatic rings. The number of anilines is 5. The van der Waals surface area contributed by atoms with Crippen molar-refractivity contribution in [3.05, 3.63) is 221 Å². The number of nitrogens with one attached hydrogen (secondary N) is 4. The quantitative estimate of drug-likeness (QED) is 0.00828. The number of aryl methyl sites for hydroxylation is 1. The van der Waals surface area contributed by atoms with Gasteiger partial charge in [0.2, 0.25) is 22.7 Å².